The molecule has 1 saturated heterocycles. The van der Waals surface area contributed by atoms with Crippen molar-refractivity contribution in [3.63, 3.8) is 0 Å². The summed E-state index contributed by atoms with van der Waals surface area (Å²) in [4.78, 5) is 6.75. The molecule has 2 aromatic rings. The van der Waals surface area contributed by atoms with Gasteiger partial charge in [0.2, 0.25) is 0 Å². The van der Waals surface area contributed by atoms with Crippen molar-refractivity contribution in [1.29, 1.82) is 0 Å². The fourth-order valence-corrected chi connectivity index (χ4v) is 4.06. The van der Waals surface area contributed by atoms with E-state index in [0.29, 0.717) is 12.6 Å². The number of fused-ring (bicyclic) bond motifs is 2. The molecule has 1 aliphatic carbocycles. The van der Waals surface area contributed by atoms with Gasteiger partial charge in [-0.1, -0.05) is 36.4 Å². The molecule has 0 unspecified atom stereocenters. The van der Waals surface area contributed by atoms with Crippen LogP contribution >= 0.6 is 0 Å². The zero-order valence-electron chi connectivity index (χ0n) is 14.6. The van der Waals surface area contributed by atoms with E-state index in [1.807, 2.05) is 12.3 Å². The molecule has 3 atom stereocenters. The maximum atomic E-state index is 6.31. The zero-order chi connectivity index (χ0) is 16.9. The van der Waals surface area contributed by atoms with Crippen molar-refractivity contribution in [2.45, 2.75) is 44.1 Å². The summed E-state index contributed by atoms with van der Waals surface area (Å²) in [7, 11) is 0. The van der Waals surface area contributed by atoms with Gasteiger partial charge in [0.1, 0.15) is 0 Å². The van der Waals surface area contributed by atoms with Crippen molar-refractivity contribution in [2.24, 2.45) is 0 Å². The first-order valence-corrected chi connectivity index (χ1v) is 9.30. The molecule has 2 aliphatic rings. The predicted octanol–water partition coefficient (Wildman–Crippen LogP) is 3.07. The monoisotopic (exact) mass is 338 g/mol. The van der Waals surface area contributed by atoms with E-state index in [4.69, 9.17) is 9.47 Å². The molecule has 2 fully saturated rings. The summed E-state index contributed by atoms with van der Waals surface area (Å²) >= 11 is 0. The fraction of sp³-hybridized carbons (Fsp3) is 0.476. The molecule has 2 heterocycles. The lowest BCUT2D eigenvalue weighted by molar-refractivity contribution is -0.0610. The van der Waals surface area contributed by atoms with E-state index in [0.717, 1.165) is 44.5 Å². The predicted molar refractivity (Wildman–Crippen MR) is 97.3 cm³/mol. The Morgan fingerprint density at radius 1 is 1.08 bits per heavy atom. The Bertz CT molecular complexity index is 649. The molecule has 0 radical (unpaired) electrons. The largest absolute Gasteiger partial charge is 0.374 e. The SMILES string of the molecule is c1ccc(CCN2CCO[C@H]3CC[C@H]2[C@@H]3OCc2cccnc2)cc1. The van der Waals surface area contributed by atoms with E-state index in [1.54, 1.807) is 6.20 Å². The Balaban J connectivity index is 1.39. The van der Waals surface area contributed by atoms with Crippen LogP contribution in [-0.4, -0.2) is 47.8 Å². The highest BCUT2D eigenvalue weighted by Gasteiger charge is 2.42. The Morgan fingerprint density at radius 2 is 1.96 bits per heavy atom. The first kappa shape index (κ1) is 16.7. The summed E-state index contributed by atoms with van der Waals surface area (Å²) in [6.45, 7) is 3.49. The molecule has 132 valence electrons. The van der Waals surface area contributed by atoms with Crippen LogP contribution in [0.1, 0.15) is 24.0 Å². The number of hydrogen-bond donors (Lipinski definition) is 0. The minimum Gasteiger partial charge on any atom is -0.374 e. The van der Waals surface area contributed by atoms with Gasteiger partial charge >= 0.3 is 0 Å². The lowest BCUT2D eigenvalue weighted by atomic mass is 10.1. The summed E-state index contributed by atoms with van der Waals surface area (Å²) in [5, 5.41) is 0. The summed E-state index contributed by atoms with van der Waals surface area (Å²) in [6.07, 6.45) is 7.43. The van der Waals surface area contributed by atoms with Crippen LogP contribution in [-0.2, 0) is 22.5 Å². The molecule has 1 aliphatic heterocycles. The molecule has 4 heteroatoms. The second-order valence-electron chi connectivity index (χ2n) is 6.96. The number of benzene rings is 1. The molecule has 1 saturated carbocycles. The van der Waals surface area contributed by atoms with Crippen LogP contribution < -0.4 is 0 Å². The van der Waals surface area contributed by atoms with Crippen molar-refractivity contribution in [1.82, 2.24) is 9.88 Å². The summed E-state index contributed by atoms with van der Waals surface area (Å²) in [5.41, 5.74) is 2.53. The fourth-order valence-electron chi connectivity index (χ4n) is 4.06. The van der Waals surface area contributed by atoms with Crippen LogP contribution in [0, 0.1) is 0 Å². The quantitative estimate of drug-likeness (QED) is 0.811. The molecule has 4 rings (SSSR count). The van der Waals surface area contributed by atoms with Gasteiger partial charge in [-0.15, -0.1) is 0 Å². The minimum atomic E-state index is 0.165. The van der Waals surface area contributed by atoms with E-state index >= 15 is 0 Å². The smallest absolute Gasteiger partial charge is 0.0995 e. The Labute approximate surface area is 149 Å². The van der Waals surface area contributed by atoms with Crippen LogP contribution in [0.2, 0.25) is 0 Å². The van der Waals surface area contributed by atoms with Crippen molar-refractivity contribution in [3.05, 3.63) is 66.0 Å². The molecule has 1 aromatic heterocycles. The van der Waals surface area contributed by atoms with Gasteiger partial charge in [0.25, 0.3) is 0 Å². The second kappa shape index (κ2) is 8.09. The molecule has 1 aromatic carbocycles. The molecular weight excluding hydrogens is 312 g/mol. The molecule has 0 amide bonds. The number of rotatable bonds is 6. The van der Waals surface area contributed by atoms with E-state index in [2.05, 4.69) is 46.3 Å². The standard InChI is InChI=1S/C21H26N2O2/c1-2-5-17(6-3-1)10-12-23-13-14-24-20-9-8-19(23)21(20)25-16-18-7-4-11-22-15-18/h1-7,11,15,19-21H,8-10,12-14,16H2/t19-,20-,21-/m0/s1. The molecule has 25 heavy (non-hydrogen) atoms. The highest BCUT2D eigenvalue weighted by Crippen LogP contribution is 2.32. The first-order valence-electron chi connectivity index (χ1n) is 9.30. The topological polar surface area (TPSA) is 34.6 Å². The lowest BCUT2D eigenvalue weighted by Crippen LogP contribution is -2.44. The van der Waals surface area contributed by atoms with Crippen LogP contribution in [0.4, 0.5) is 0 Å². The third-order valence-electron chi connectivity index (χ3n) is 5.37. The Hall–Kier alpha value is -1.75. The molecular formula is C21H26N2O2. The van der Waals surface area contributed by atoms with Crippen LogP contribution in [0.5, 0.6) is 0 Å². The average Bonchev–Trinajstić information content (AvgIpc) is 2.97. The average molecular weight is 338 g/mol. The van der Waals surface area contributed by atoms with Gasteiger partial charge in [-0.3, -0.25) is 9.88 Å². The van der Waals surface area contributed by atoms with Crippen LogP contribution in [0.25, 0.3) is 0 Å². The lowest BCUT2D eigenvalue weighted by Gasteiger charge is -2.31. The summed E-state index contributed by atoms with van der Waals surface area (Å²) in [6, 6.07) is 15.2. The van der Waals surface area contributed by atoms with E-state index < -0.39 is 0 Å². The third-order valence-corrected chi connectivity index (χ3v) is 5.37. The number of ether oxygens (including phenoxy) is 2. The normalized spacial score (nSPS) is 26.5. The maximum absolute atomic E-state index is 6.31. The van der Waals surface area contributed by atoms with Crippen LogP contribution in [0.15, 0.2) is 54.9 Å². The number of aromatic nitrogens is 1. The molecule has 4 nitrogen and oxygen atoms in total. The highest BCUT2D eigenvalue weighted by atomic mass is 16.5. The Kier molecular flexibility index (Phi) is 5.40. The van der Waals surface area contributed by atoms with Gasteiger partial charge in [-0.25, -0.2) is 0 Å². The van der Waals surface area contributed by atoms with E-state index in [9.17, 15) is 0 Å². The Morgan fingerprint density at radius 3 is 2.80 bits per heavy atom. The number of nitrogens with zero attached hydrogens (tertiary/aromatic N) is 2. The highest BCUT2D eigenvalue weighted by molar-refractivity contribution is 5.15. The molecule has 0 N–H and O–H groups in total. The minimum absolute atomic E-state index is 0.165. The summed E-state index contributed by atoms with van der Waals surface area (Å²) < 4.78 is 12.4. The maximum Gasteiger partial charge on any atom is 0.0995 e. The van der Waals surface area contributed by atoms with Gasteiger partial charge in [0, 0.05) is 31.5 Å². The van der Waals surface area contributed by atoms with Crippen molar-refractivity contribution in [3.8, 4) is 0 Å². The van der Waals surface area contributed by atoms with Crippen molar-refractivity contribution in [2.75, 3.05) is 19.7 Å². The van der Waals surface area contributed by atoms with E-state index in [1.165, 1.54) is 5.56 Å². The first-order chi connectivity index (χ1) is 12.4. The molecule has 0 spiro atoms. The van der Waals surface area contributed by atoms with Crippen molar-refractivity contribution >= 4 is 0 Å². The summed E-state index contributed by atoms with van der Waals surface area (Å²) in [5.74, 6) is 0. The van der Waals surface area contributed by atoms with Gasteiger partial charge in [-0.2, -0.15) is 0 Å². The van der Waals surface area contributed by atoms with Crippen molar-refractivity contribution < 1.29 is 9.47 Å². The second-order valence-corrected chi connectivity index (χ2v) is 6.96. The third kappa shape index (κ3) is 4.09. The van der Waals surface area contributed by atoms with Crippen LogP contribution in [0.3, 0.4) is 0 Å². The van der Waals surface area contributed by atoms with Gasteiger partial charge in [0.15, 0.2) is 0 Å². The number of pyridine rings is 1. The zero-order valence-corrected chi connectivity index (χ0v) is 14.6. The van der Waals surface area contributed by atoms with E-state index in [-0.39, 0.29) is 12.2 Å². The molecule has 2 bridgehead atoms. The van der Waals surface area contributed by atoms with Gasteiger partial charge in [-0.05, 0) is 36.5 Å². The van der Waals surface area contributed by atoms with Gasteiger partial charge in [0.05, 0.1) is 25.4 Å². The number of hydrogen-bond acceptors (Lipinski definition) is 4. The van der Waals surface area contributed by atoms with Gasteiger partial charge < -0.3 is 9.47 Å².